The molecule has 2 heteroatoms. The van der Waals surface area contributed by atoms with Gasteiger partial charge < -0.3 is 4.98 Å². The Hall–Kier alpha value is -1.31. The summed E-state index contributed by atoms with van der Waals surface area (Å²) in [4.78, 5) is 7.28. The minimum Gasteiger partial charge on any atom is -0.361 e. The normalized spacial score (nSPS) is 10.5. The third-order valence-corrected chi connectivity index (χ3v) is 1.57. The van der Waals surface area contributed by atoms with E-state index in [1.54, 1.807) is 0 Å². The minimum atomic E-state index is 0. The number of hydrogen-bond acceptors (Lipinski definition) is 1. The molecule has 0 fully saturated rings. The van der Waals surface area contributed by atoms with Crippen LogP contribution in [0, 0.1) is 6.92 Å². The second-order valence-corrected chi connectivity index (χ2v) is 2.39. The van der Waals surface area contributed by atoms with E-state index in [4.69, 9.17) is 0 Å². The molecular formula is C8H10N2. The fourth-order valence-corrected chi connectivity index (χ4v) is 1.05. The van der Waals surface area contributed by atoms with Crippen molar-refractivity contribution in [1.29, 1.82) is 0 Å². The quantitative estimate of drug-likeness (QED) is 0.587. The van der Waals surface area contributed by atoms with Crippen LogP contribution in [-0.2, 0) is 0 Å². The Bertz CT molecular complexity index is 354. The highest BCUT2D eigenvalue weighted by molar-refractivity contribution is 5.78. The van der Waals surface area contributed by atoms with Gasteiger partial charge in [0.1, 0.15) is 0 Å². The van der Waals surface area contributed by atoms with Crippen molar-refractivity contribution in [2.24, 2.45) is 0 Å². The third kappa shape index (κ3) is 0.692. The zero-order valence-corrected chi connectivity index (χ0v) is 5.76. The lowest BCUT2D eigenvalue weighted by Gasteiger charge is -1.89. The first-order chi connectivity index (χ1) is 4.86. The van der Waals surface area contributed by atoms with Gasteiger partial charge in [0, 0.05) is 30.4 Å². The summed E-state index contributed by atoms with van der Waals surface area (Å²) in [7, 11) is 0. The van der Waals surface area contributed by atoms with Crippen LogP contribution in [0.2, 0.25) is 0 Å². The largest absolute Gasteiger partial charge is 0.361 e. The van der Waals surface area contributed by atoms with Crippen molar-refractivity contribution in [3.63, 3.8) is 0 Å². The number of rotatable bonds is 0. The van der Waals surface area contributed by atoms with E-state index in [0.717, 1.165) is 11.2 Å². The van der Waals surface area contributed by atoms with Gasteiger partial charge in [0.15, 0.2) is 0 Å². The number of nitrogens with one attached hydrogen (secondary N) is 1. The van der Waals surface area contributed by atoms with Crippen LogP contribution in [0.25, 0.3) is 10.9 Å². The second-order valence-electron chi connectivity index (χ2n) is 2.39. The van der Waals surface area contributed by atoms with Crippen LogP contribution in [0.5, 0.6) is 0 Å². The smallest absolute Gasteiger partial charge is 0.0487 e. The molecule has 2 aromatic heterocycles. The summed E-state index contributed by atoms with van der Waals surface area (Å²) in [6, 6.07) is 4.05. The van der Waals surface area contributed by atoms with Gasteiger partial charge in [0.2, 0.25) is 0 Å². The molecule has 0 aromatic carbocycles. The highest BCUT2D eigenvalue weighted by Crippen LogP contribution is 2.10. The molecule has 2 heterocycles. The van der Waals surface area contributed by atoms with Crippen LogP contribution < -0.4 is 0 Å². The number of pyridine rings is 1. The van der Waals surface area contributed by atoms with Crippen LogP contribution in [0.4, 0.5) is 0 Å². The lowest BCUT2D eigenvalue weighted by Crippen LogP contribution is -1.77. The highest BCUT2D eigenvalue weighted by Gasteiger charge is 1.92. The van der Waals surface area contributed by atoms with Gasteiger partial charge in [-0.05, 0) is 19.1 Å². The molecule has 2 aromatic rings. The molecule has 0 aliphatic carbocycles. The summed E-state index contributed by atoms with van der Waals surface area (Å²) in [6.07, 6.45) is 3.80. The van der Waals surface area contributed by atoms with E-state index >= 15 is 0 Å². The van der Waals surface area contributed by atoms with Gasteiger partial charge in [-0.25, -0.2) is 0 Å². The molecule has 0 unspecified atom stereocenters. The van der Waals surface area contributed by atoms with Crippen molar-refractivity contribution in [2.45, 2.75) is 6.92 Å². The van der Waals surface area contributed by atoms with Crippen LogP contribution in [-0.4, -0.2) is 9.97 Å². The molecule has 2 nitrogen and oxygen atoms in total. The van der Waals surface area contributed by atoms with Crippen LogP contribution in [0.1, 0.15) is 7.12 Å². The molecule has 0 radical (unpaired) electrons. The van der Waals surface area contributed by atoms with Crippen LogP contribution in [0.15, 0.2) is 24.5 Å². The SMILES string of the molecule is Cc1cc2[nH]ccc2cn1.[HH]. The number of aromatic amines is 1. The van der Waals surface area contributed by atoms with Crippen molar-refractivity contribution >= 4 is 10.9 Å². The number of aryl methyl sites for hydroxylation is 1. The Kier molecular flexibility index (Phi) is 1.01. The van der Waals surface area contributed by atoms with E-state index < -0.39 is 0 Å². The Morgan fingerprint density at radius 3 is 3.40 bits per heavy atom. The lowest BCUT2D eigenvalue weighted by molar-refractivity contribution is 1.22. The molecule has 0 spiro atoms. The summed E-state index contributed by atoms with van der Waals surface area (Å²) >= 11 is 0. The van der Waals surface area contributed by atoms with Crippen molar-refractivity contribution in [2.75, 3.05) is 0 Å². The molecule has 52 valence electrons. The van der Waals surface area contributed by atoms with Gasteiger partial charge in [-0.3, -0.25) is 4.98 Å². The summed E-state index contributed by atoms with van der Waals surface area (Å²) in [6.45, 7) is 1.99. The van der Waals surface area contributed by atoms with E-state index in [0.29, 0.717) is 0 Å². The fourth-order valence-electron chi connectivity index (χ4n) is 1.05. The summed E-state index contributed by atoms with van der Waals surface area (Å²) in [5.41, 5.74) is 2.21. The summed E-state index contributed by atoms with van der Waals surface area (Å²) < 4.78 is 0. The zero-order valence-electron chi connectivity index (χ0n) is 5.76. The molecule has 0 atom stereocenters. The first-order valence-electron chi connectivity index (χ1n) is 3.26. The number of nitrogens with zero attached hydrogens (tertiary/aromatic N) is 1. The molecule has 0 bridgehead atoms. The van der Waals surface area contributed by atoms with Gasteiger partial charge in [0.25, 0.3) is 0 Å². The molecule has 0 saturated heterocycles. The van der Waals surface area contributed by atoms with Crippen LogP contribution in [0.3, 0.4) is 0 Å². The topological polar surface area (TPSA) is 28.7 Å². The van der Waals surface area contributed by atoms with Gasteiger partial charge in [-0.15, -0.1) is 0 Å². The Labute approximate surface area is 60.4 Å². The maximum atomic E-state index is 4.16. The van der Waals surface area contributed by atoms with Gasteiger partial charge in [-0.2, -0.15) is 0 Å². The predicted molar refractivity (Wildman–Crippen MR) is 42.9 cm³/mol. The van der Waals surface area contributed by atoms with Crippen molar-refractivity contribution < 1.29 is 1.43 Å². The maximum absolute atomic E-state index is 4.16. The first kappa shape index (κ1) is 5.47. The molecule has 0 aliphatic heterocycles. The van der Waals surface area contributed by atoms with E-state index in [2.05, 4.69) is 9.97 Å². The number of fused-ring (bicyclic) bond motifs is 1. The molecule has 0 amide bonds. The monoisotopic (exact) mass is 134 g/mol. The second kappa shape index (κ2) is 1.84. The molecule has 0 aliphatic rings. The van der Waals surface area contributed by atoms with E-state index in [1.807, 2.05) is 31.5 Å². The molecule has 10 heavy (non-hydrogen) atoms. The Morgan fingerprint density at radius 2 is 2.50 bits per heavy atom. The number of aromatic nitrogens is 2. The average Bonchev–Trinajstić information content (AvgIpc) is 2.33. The Morgan fingerprint density at radius 1 is 1.60 bits per heavy atom. The summed E-state index contributed by atoms with van der Waals surface area (Å²) in [5.74, 6) is 0. The Balaban J connectivity index is 0.000000605. The lowest BCUT2D eigenvalue weighted by atomic mass is 10.3. The minimum absolute atomic E-state index is 0. The van der Waals surface area contributed by atoms with E-state index in [9.17, 15) is 0 Å². The molecule has 1 N–H and O–H groups in total. The molecule has 0 saturated carbocycles. The van der Waals surface area contributed by atoms with Gasteiger partial charge in [0.05, 0.1) is 0 Å². The van der Waals surface area contributed by atoms with Gasteiger partial charge >= 0.3 is 0 Å². The summed E-state index contributed by atoms with van der Waals surface area (Å²) in [5, 5.41) is 1.17. The number of H-pyrrole nitrogens is 1. The van der Waals surface area contributed by atoms with E-state index in [1.165, 1.54) is 5.39 Å². The third-order valence-electron chi connectivity index (χ3n) is 1.57. The first-order valence-corrected chi connectivity index (χ1v) is 3.26. The van der Waals surface area contributed by atoms with E-state index in [-0.39, 0.29) is 1.43 Å². The van der Waals surface area contributed by atoms with Gasteiger partial charge in [-0.1, -0.05) is 0 Å². The maximum Gasteiger partial charge on any atom is 0.0487 e. The fraction of sp³-hybridized carbons (Fsp3) is 0.125. The predicted octanol–water partition coefficient (Wildman–Crippen LogP) is 2.12. The average molecular weight is 134 g/mol. The molecular weight excluding hydrogens is 124 g/mol. The van der Waals surface area contributed by atoms with Crippen molar-refractivity contribution in [3.05, 3.63) is 30.2 Å². The zero-order chi connectivity index (χ0) is 6.97. The number of hydrogen-bond donors (Lipinski definition) is 1. The van der Waals surface area contributed by atoms with Crippen molar-refractivity contribution in [3.8, 4) is 0 Å². The van der Waals surface area contributed by atoms with Crippen molar-refractivity contribution in [1.82, 2.24) is 9.97 Å². The standard InChI is InChI=1S/C8H8N2.H2/c1-6-4-8-7(5-10-6)2-3-9-8;/h2-5,9H,1H3;1H. The van der Waals surface area contributed by atoms with Crippen LogP contribution >= 0.6 is 0 Å². The molecule has 2 rings (SSSR count). The highest BCUT2D eigenvalue weighted by atomic mass is 14.7.